The van der Waals surface area contributed by atoms with Crippen LogP contribution in [0.3, 0.4) is 0 Å². The summed E-state index contributed by atoms with van der Waals surface area (Å²) in [4.78, 5) is 12.0. The fourth-order valence-corrected chi connectivity index (χ4v) is 3.53. The number of dihydropyridines is 1. The van der Waals surface area contributed by atoms with Crippen molar-refractivity contribution in [2.45, 2.75) is 32.5 Å². The molecule has 0 aromatic carbocycles. The van der Waals surface area contributed by atoms with E-state index in [1.54, 1.807) is 0 Å². The maximum absolute atomic E-state index is 12.0. The summed E-state index contributed by atoms with van der Waals surface area (Å²) >= 11 is 0. The van der Waals surface area contributed by atoms with E-state index in [0.29, 0.717) is 18.3 Å². The highest BCUT2D eigenvalue weighted by Crippen LogP contribution is 2.40. The van der Waals surface area contributed by atoms with Crippen molar-refractivity contribution < 1.29 is 4.79 Å². The number of nitrogens with one attached hydrogen (secondary N) is 2. The van der Waals surface area contributed by atoms with Crippen molar-refractivity contribution in [3.05, 3.63) is 35.7 Å². The van der Waals surface area contributed by atoms with Gasteiger partial charge in [0.2, 0.25) is 5.91 Å². The number of carbonyl (C=O) groups is 1. The van der Waals surface area contributed by atoms with E-state index in [1.165, 1.54) is 11.1 Å². The molecule has 3 rings (SSSR count). The Morgan fingerprint density at radius 3 is 2.81 bits per heavy atom. The number of amides is 1. The highest BCUT2D eigenvalue weighted by molar-refractivity contribution is 5.81. The summed E-state index contributed by atoms with van der Waals surface area (Å²) in [6.07, 6.45) is 9.00. The molecule has 2 N–H and O–H groups in total. The third kappa shape index (κ3) is 2.35. The molecule has 3 aliphatic heterocycles. The lowest BCUT2D eigenvalue weighted by atomic mass is 9.73. The average molecular weight is 288 g/mol. The van der Waals surface area contributed by atoms with Gasteiger partial charge in [0.1, 0.15) is 6.17 Å². The number of carbonyl (C=O) groups excluding carboxylic acids is 1. The maximum atomic E-state index is 12.0. The van der Waals surface area contributed by atoms with E-state index in [9.17, 15) is 4.79 Å². The van der Waals surface area contributed by atoms with E-state index >= 15 is 0 Å². The van der Waals surface area contributed by atoms with Crippen LogP contribution in [0.4, 0.5) is 0 Å². The monoisotopic (exact) mass is 288 g/mol. The Morgan fingerprint density at radius 1 is 1.38 bits per heavy atom. The second-order valence-electron chi connectivity index (χ2n) is 6.52. The highest BCUT2D eigenvalue weighted by Gasteiger charge is 2.43. The molecule has 3 unspecified atom stereocenters. The molecular formula is C16H24N4O. The van der Waals surface area contributed by atoms with E-state index in [1.807, 2.05) is 20.3 Å². The number of fused-ring (bicyclic) bond motifs is 3. The molecule has 0 aromatic heterocycles. The van der Waals surface area contributed by atoms with Gasteiger partial charge in [-0.15, -0.1) is 0 Å². The number of hydrogen-bond donors (Lipinski definition) is 2. The quantitative estimate of drug-likeness (QED) is 0.801. The molecule has 0 spiro atoms. The Bertz CT molecular complexity index is 532. The fourth-order valence-electron chi connectivity index (χ4n) is 3.53. The molecule has 3 aliphatic rings. The predicted molar refractivity (Wildman–Crippen MR) is 82.6 cm³/mol. The van der Waals surface area contributed by atoms with E-state index in [0.717, 1.165) is 0 Å². The summed E-state index contributed by atoms with van der Waals surface area (Å²) in [6, 6.07) is 0.170. The topological polar surface area (TPSA) is 47.6 Å². The van der Waals surface area contributed by atoms with Crippen LogP contribution in [0, 0.1) is 11.8 Å². The SMILES string of the molecule is CC(C)C1NC(=O)CC2=CN(N(C)C)C3NC=CC=C3C21. The zero-order valence-corrected chi connectivity index (χ0v) is 13.1. The first kappa shape index (κ1) is 14.2. The molecule has 0 aromatic rings. The van der Waals surface area contributed by atoms with Crippen LogP contribution in [0.5, 0.6) is 0 Å². The van der Waals surface area contributed by atoms with Crippen LogP contribution in [0.1, 0.15) is 20.3 Å². The number of hydrazine groups is 1. The molecule has 3 heterocycles. The third-order valence-electron chi connectivity index (χ3n) is 4.51. The molecule has 114 valence electrons. The lowest BCUT2D eigenvalue weighted by Gasteiger charge is -2.49. The van der Waals surface area contributed by atoms with Crippen LogP contribution in [0.2, 0.25) is 0 Å². The van der Waals surface area contributed by atoms with Crippen molar-refractivity contribution in [3.8, 4) is 0 Å². The summed E-state index contributed by atoms with van der Waals surface area (Å²) in [5.41, 5.74) is 2.55. The van der Waals surface area contributed by atoms with Crippen molar-refractivity contribution in [2.75, 3.05) is 14.1 Å². The van der Waals surface area contributed by atoms with Crippen molar-refractivity contribution in [1.29, 1.82) is 0 Å². The predicted octanol–water partition coefficient (Wildman–Crippen LogP) is 1.19. The summed E-state index contributed by atoms with van der Waals surface area (Å²) in [7, 11) is 4.05. The van der Waals surface area contributed by atoms with Gasteiger partial charge in [0.05, 0.1) is 6.42 Å². The molecule has 1 fully saturated rings. The summed E-state index contributed by atoms with van der Waals surface area (Å²) in [5.74, 6) is 0.829. The largest absolute Gasteiger partial charge is 0.367 e. The minimum atomic E-state index is 0.133. The third-order valence-corrected chi connectivity index (χ3v) is 4.51. The van der Waals surface area contributed by atoms with Gasteiger partial charge in [-0.2, -0.15) is 0 Å². The maximum Gasteiger partial charge on any atom is 0.224 e. The van der Waals surface area contributed by atoms with Gasteiger partial charge < -0.3 is 10.6 Å². The van der Waals surface area contributed by atoms with Crippen molar-refractivity contribution >= 4 is 5.91 Å². The number of allylic oxidation sites excluding steroid dienone is 2. The zero-order valence-electron chi connectivity index (χ0n) is 13.1. The van der Waals surface area contributed by atoms with Gasteiger partial charge in [0, 0.05) is 32.3 Å². The molecule has 5 nitrogen and oxygen atoms in total. The van der Waals surface area contributed by atoms with Gasteiger partial charge >= 0.3 is 0 Å². The van der Waals surface area contributed by atoms with Crippen LogP contribution in [0.25, 0.3) is 0 Å². The summed E-state index contributed by atoms with van der Waals surface area (Å²) < 4.78 is 0. The second-order valence-corrected chi connectivity index (χ2v) is 6.52. The Kier molecular flexibility index (Phi) is 3.53. The Morgan fingerprint density at radius 2 is 2.14 bits per heavy atom. The molecule has 3 atom stereocenters. The molecular weight excluding hydrogens is 264 g/mol. The minimum absolute atomic E-state index is 0.133. The van der Waals surface area contributed by atoms with Gasteiger partial charge in [0.25, 0.3) is 0 Å². The molecule has 0 aliphatic carbocycles. The first-order valence-corrected chi connectivity index (χ1v) is 7.57. The van der Waals surface area contributed by atoms with Crippen LogP contribution >= 0.6 is 0 Å². The minimum Gasteiger partial charge on any atom is -0.367 e. The summed E-state index contributed by atoms with van der Waals surface area (Å²) in [5, 5.41) is 10.8. The standard InChI is InChI=1S/C16H24N4O/c1-10(2)15-14-11(8-13(21)18-15)9-20(19(3)4)16-12(14)6-5-7-17-16/h5-7,9-10,14-17H,8H2,1-4H3,(H,18,21). The zero-order chi connectivity index (χ0) is 15.1. The first-order valence-electron chi connectivity index (χ1n) is 7.57. The first-order chi connectivity index (χ1) is 9.99. The fraction of sp³-hybridized carbons (Fsp3) is 0.562. The van der Waals surface area contributed by atoms with Crippen molar-refractivity contribution in [2.24, 2.45) is 11.8 Å². The van der Waals surface area contributed by atoms with Crippen LogP contribution in [-0.4, -0.2) is 42.2 Å². The van der Waals surface area contributed by atoms with Gasteiger partial charge in [-0.1, -0.05) is 19.9 Å². The van der Waals surface area contributed by atoms with Gasteiger partial charge in [-0.3, -0.25) is 9.80 Å². The van der Waals surface area contributed by atoms with Crippen molar-refractivity contribution in [1.82, 2.24) is 20.7 Å². The van der Waals surface area contributed by atoms with E-state index in [2.05, 4.69) is 52.9 Å². The van der Waals surface area contributed by atoms with E-state index in [4.69, 9.17) is 0 Å². The average Bonchev–Trinajstić information content (AvgIpc) is 2.44. The smallest absolute Gasteiger partial charge is 0.224 e. The van der Waals surface area contributed by atoms with E-state index < -0.39 is 0 Å². The number of nitrogens with zero attached hydrogens (tertiary/aromatic N) is 2. The van der Waals surface area contributed by atoms with Crippen LogP contribution in [0.15, 0.2) is 35.7 Å². The van der Waals surface area contributed by atoms with Gasteiger partial charge in [-0.05, 0) is 29.3 Å². The number of rotatable bonds is 2. The summed E-state index contributed by atoms with van der Waals surface area (Å²) in [6.45, 7) is 4.35. The molecule has 21 heavy (non-hydrogen) atoms. The number of piperidine rings is 1. The molecule has 5 heteroatoms. The lowest BCUT2D eigenvalue weighted by molar-refractivity contribution is -0.123. The molecule has 0 saturated carbocycles. The Hall–Kier alpha value is -1.75. The second kappa shape index (κ2) is 5.22. The normalized spacial score (nSPS) is 31.2. The van der Waals surface area contributed by atoms with Crippen molar-refractivity contribution in [3.63, 3.8) is 0 Å². The molecule has 1 amide bonds. The highest BCUT2D eigenvalue weighted by atomic mass is 16.1. The Balaban J connectivity index is 2.06. The molecule has 0 radical (unpaired) electrons. The van der Waals surface area contributed by atoms with Gasteiger partial charge in [0.15, 0.2) is 0 Å². The molecule has 1 saturated heterocycles. The van der Waals surface area contributed by atoms with Crippen LogP contribution in [-0.2, 0) is 4.79 Å². The van der Waals surface area contributed by atoms with E-state index in [-0.39, 0.29) is 18.1 Å². The lowest BCUT2D eigenvalue weighted by Crippen LogP contribution is -2.59. The van der Waals surface area contributed by atoms with Crippen LogP contribution < -0.4 is 10.6 Å². The number of hydrogen-bond acceptors (Lipinski definition) is 4. The van der Waals surface area contributed by atoms with Gasteiger partial charge in [-0.25, -0.2) is 5.01 Å². The Labute approximate surface area is 126 Å². The molecule has 0 bridgehead atoms.